The zero-order valence-corrected chi connectivity index (χ0v) is 13.7. The highest BCUT2D eigenvalue weighted by atomic mass is 16.5. The molecule has 1 fully saturated rings. The number of carboxylic acid groups (broad SMARTS) is 1. The van der Waals surface area contributed by atoms with Crippen LogP contribution in [0.3, 0.4) is 0 Å². The molecule has 1 amide bonds. The van der Waals surface area contributed by atoms with E-state index in [-0.39, 0.29) is 29.7 Å². The van der Waals surface area contributed by atoms with Crippen molar-refractivity contribution in [1.29, 1.82) is 0 Å². The lowest BCUT2D eigenvalue weighted by Crippen LogP contribution is -2.24. The number of amides is 1. The maximum Gasteiger partial charge on any atom is 0.339 e. The highest BCUT2D eigenvalue weighted by Crippen LogP contribution is 2.30. The first-order valence-corrected chi connectivity index (χ1v) is 7.83. The van der Waals surface area contributed by atoms with E-state index in [1.165, 1.54) is 19.6 Å². The van der Waals surface area contributed by atoms with Crippen molar-refractivity contribution in [2.45, 2.75) is 25.5 Å². The second-order valence-electron chi connectivity index (χ2n) is 5.59. The highest BCUT2D eigenvalue weighted by molar-refractivity contribution is 5.93. The van der Waals surface area contributed by atoms with Gasteiger partial charge < -0.3 is 24.3 Å². The van der Waals surface area contributed by atoms with Gasteiger partial charge in [0.15, 0.2) is 17.8 Å². The molecule has 1 aromatic heterocycles. The molecule has 132 valence electrons. The molecular weight excluding hydrogens is 328 g/mol. The molecule has 25 heavy (non-hydrogen) atoms. The summed E-state index contributed by atoms with van der Waals surface area (Å²) in [5.74, 6) is -0.801. The average Bonchev–Trinajstić information content (AvgIpc) is 3.29. The van der Waals surface area contributed by atoms with Crippen LogP contribution >= 0.6 is 0 Å². The van der Waals surface area contributed by atoms with E-state index in [9.17, 15) is 14.7 Å². The Morgan fingerprint density at radius 3 is 2.96 bits per heavy atom. The number of methoxy groups -OCH3 is 1. The number of carbonyl (C=O) groups excluding carboxylic acids is 1. The van der Waals surface area contributed by atoms with Crippen LogP contribution < -0.4 is 10.1 Å². The zero-order valence-electron chi connectivity index (χ0n) is 13.7. The Labute approximate surface area is 143 Å². The normalized spacial score (nSPS) is 16.6. The third-order valence-electron chi connectivity index (χ3n) is 3.98. The predicted molar refractivity (Wildman–Crippen MR) is 85.6 cm³/mol. The largest absolute Gasteiger partial charge is 0.496 e. The summed E-state index contributed by atoms with van der Waals surface area (Å²) in [6.45, 7) is 0.789. The number of rotatable bonds is 6. The number of aromatic carboxylic acids is 1. The summed E-state index contributed by atoms with van der Waals surface area (Å²) in [4.78, 5) is 27.6. The fourth-order valence-electron chi connectivity index (χ4n) is 2.74. The van der Waals surface area contributed by atoms with E-state index in [0.29, 0.717) is 17.9 Å². The van der Waals surface area contributed by atoms with Crippen LogP contribution in [0.1, 0.15) is 51.1 Å². The SMILES string of the molecule is COc1ccc(CNC(=O)c2ncoc2[C@@H]2CCCO2)cc1C(=O)O. The lowest BCUT2D eigenvalue weighted by molar-refractivity contribution is 0.0693. The van der Waals surface area contributed by atoms with Crippen LogP contribution in [0.25, 0.3) is 0 Å². The number of oxazole rings is 1. The molecule has 0 spiro atoms. The Hall–Kier alpha value is -2.87. The number of carbonyl (C=O) groups is 2. The molecule has 2 heterocycles. The maximum absolute atomic E-state index is 12.4. The van der Waals surface area contributed by atoms with Crippen LogP contribution in [-0.2, 0) is 11.3 Å². The molecule has 1 atom stereocenters. The van der Waals surface area contributed by atoms with Crippen LogP contribution in [0.5, 0.6) is 5.75 Å². The molecule has 0 bridgehead atoms. The monoisotopic (exact) mass is 346 g/mol. The minimum Gasteiger partial charge on any atom is -0.496 e. The molecule has 0 saturated carbocycles. The van der Waals surface area contributed by atoms with Crippen LogP contribution in [0, 0.1) is 0 Å². The van der Waals surface area contributed by atoms with Crippen molar-refractivity contribution in [3.63, 3.8) is 0 Å². The van der Waals surface area contributed by atoms with Gasteiger partial charge in [-0.15, -0.1) is 0 Å². The second kappa shape index (κ2) is 7.35. The molecule has 2 N–H and O–H groups in total. The van der Waals surface area contributed by atoms with Gasteiger partial charge >= 0.3 is 5.97 Å². The second-order valence-corrected chi connectivity index (χ2v) is 5.59. The Morgan fingerprint density at radius 1 is 1.44 bits per heavy atom. The topological polar surface area (TPSA) is 111 Å². The molecule has 8 heteroatoms. The number of nitrogens with one attached hydrogen (secondary N) is 1. The van der Waals surface area contributed by atoms with Crippen LogP contribution in [0.4, 0.5) is 0 Å². The third-order valence-corrected chi connectivity index (χ3v) is 3.98. The molecule has 3 rings (SSSR count). The number of aromatic nitrogens is 1. The van der Waals surface area contributed by atoms with Gasteiger partial charge in [0.1, 0.15) is 17.4 Å². The lowest BCUT2D eigenvalue weighted by atomic mass is 10.1. The number of hydrogen-bond acceptors (Lipinski definition) is 6. The molecular formula is C17H18N2O6. The van der Waals surface area contributed by atoms with Crippen molar-refractivity contribution in [2.24, 2.45) is 0 Å². The van der Waals surface area contributed by atoms with Crippen molar-refractivity contribution in [3.8, 4) is 5.75 Å². The first-order chi connectivity index (χ1) is 12.1. The first kappa shape index (κ1) is 17.0. The fourth-order valence-corrected chi connectivity index (χ4v) is 2.74. The Bertz CT molecular complexity index is 779. The summed E-state index contributed by atoms with van der Waals surface area (Å²) >= 11 is 0. The van der Waals surface area contributed by atoms with Gasteiger partial charge in [0.2, 0.25) is 0 Å². The van der Waals surface area contributed by atoms with E-state index in [1.807, 2.05) is 0 Å². The average molecular weight is 346 g/mol. The molecule has 1 aliphatic rings. The van der Waals surface area contributed by atoms with Gasteiger partial charge in [0, 0.05) is 13.2 Å². The van der Waals surface area contributed by atoms with E-state index in [2.05, 4.69) is 10.3 Å². The Kier molecular flexibility index (Phi) is 4.99. The quantitative estimate of drug-likeness (QED) is 0.824. The standard InChI is InChI=1S/C17H18N2O6/c1-23-12-5-4-10(7-11(12)17(21)22)8-18-16(20)14-15(25-9-19-14)13-3-2-6-24-13/h4-5,7,9,13H,2-3,6,8H2,1H3,(H,18,20)(H,21,22)/t13-/m0/s1. The molecule has 8 nitrogen and oxygen atoms in total. The molecule has 0 aliphatic carbocycles. The molecule has 0 radical (unpaired) electrons. The molecule has 2 aromatic rings. The minimum absolute atomic E-state index is 0.0377. The molecule has 1 aromatic carbocycles. The van der Waals surface area contributed by atoms with Gasteiger partial charge in [-0.25, -0.2) is 9.78 Å². The van der Waals surface area contributed by atoms with Gasteiger partial charge in [-0.05, 0) is 30.5 Å². The Balaban J connectivity index is 1.70. The van der Waals surface area contributed by atoms with Crippen molar-refractivity contribution in [1.82, 2.24) is 10.3 Å². The summed E-state index contributed by atoms with van der Waals surface area (Å²) in [6, 6.07) is 4.71. The highest BCUT2D eigenvalue weighted by Gasteiger charge is 2.27. The van der Waals surface area contributed by atoms with E-state index >= 15 is 0 Å². The first-order valence-electron chi connectivity index (χ1n) is 7.83. The van der Waals surface area contributed by atoms with Crippen LogP contribution in [-0.4, -0.2) is 35.7 Å². The van der Waals surface area contributed by atoms with E-state index in [4.69, 9.17) is 13.9 Å². The summed E-state index contributed by atoms with van der Waals surface area (Å²) in [6.07, 6.45) is 2.68. The van der Waals surface area contributed by atoms with Gasteiger partial charge in [-0.3, -0.25) is 4.79 Å². The maximum atomic E-state index is 12.4. The number of benzene rings is 1. The predicted octanol–water partition coefficient (Wildman–Crippen LogP) is 2.16. The third kappa shape index (κ3) is 3.63. The number of hydrogen-bond donors (Lipinski definition) is 2. The minimum atomic E-state index is -1.10. The number of nitrogens with zero attached hydrogens (tertiary/aromatic N) is 1. The van der Waals surface area contributed by atoms with Crippen molar-refractivity contribution in [3.05, 3.63) is 47.2 Å². The number of carboxylic acids is 1. The summed E-state index contributed by atoms with van der Waals surface area (Å²) in [5.41, 5.74) is 0.864. The zero-order chi connectivity index (χ0) is 17.8. The molecule has 1 saturated heterocycles. The molecule has 0 unspecified atom stereocenters. The van der Waals surface area contributed by atoms with Gasteiger partial charge in [0.05, 0.1) is 7.11 Å². The van der Waals surface area contributed by atoms with Crippen LogP contribution in [0.15, 0.2) is 29.0 Å². The van der Waals surface area contributed by atoms with Crippen LogP contribution in [0.2, 0.25) is 0 Å². The van der Waals surface area contributed by atoms with Crippen molar-refractivity contribution in [2.75, 3.05) is 13.7 Å². The van der Waals surface area contributed by atoms with E-state index < -0.39 is 11.9 Å². The van der Waals surface area contributed by atoms with Crippen molar-refractivity contribution >= 4 is 11.9 Å². The van der Waals surface area contributed by atoms with E-state index in [0.717, 1.165) is 12.8 Å². The summed E-state index contributed by atoms with van der Waals surface area (Å²) in [5, 5.41) is 11.9. The van der Waals surface area contributed by atoms with Gasteiger partial charge in [0.25, 0.3) is 5.91 Å². The van der Waals surface area contributed by atoms with Gasteiger partial charge in [-0.2, -0.15) is 0 Å². The van der Waals surface area contributed by atoms with Gasteiger partial charge in [-0.1, -0.05) is 6.07 Å². The smallest absolute Gasteiger partial charge is 0.339 e. The lowest BCUT2D eigenvalue weighted by Gasteiger charge is -2.10. The number of ether oxygens (including phenoxy) is 2. The Morgan fingerprint density at radius 2 is 2.28 bits per heavy atom. The van der Waals surface area contributed by atoms with Crippen molar-refractivity contribution < 1.29 is 28.6 Å². The summed E-state index contributed by atoms with van der Waals surface area (Å²) < 4.78 is 15.9. The summed E-state index contributed by atoms with van der Waals surface area (Å²) in [7, 11) is 1.40. The molecule has 1 aliphatic heterocycles. The fraction of sp³-hybridized carbons (Fsp3) is 0.353. The van der Waals surface area contributed by atoms with E-state index in [1.54, 1.807) is 12.1 Å².